The molecule has 0 aliphatic carbocycles. The molecule has 0 spiro atoms. The zero-order chi connectivity index (χ0) is 20.1. The van der Waals surface area contributed by atoms with Gasteiger partial charge in [0.1, 0.15) is 5.82 Å². The molecule has 6 nitrogen and oxygen atoms in total. The summed E-state index contributed by atoms with van der Waals surface area (Å²) in [6.45, 7) is 4.49. The molecular formula is C21H22BrN3O3. The number of halogens is 1. The van der Waals surface area contributed by atoms with Gasteiger partial charge in [0, 0.05) is 10.9 Å². The molecule has 0 bridgehead atoms. The maximum absolute atomic E-state index is 13.0. The van der Waals surface area contributed by atoms with Crippen molar-refractivity contribution in [1.29, 1.82) is 0 Å². The van der Waals surface area contributed by atoms with Gasteiger partial charge in [-0.25, -0.2) is 4.98 Å². The monoisotopic (exact) mass is 443 g/mol. The molecule has 0 saturated heterocycles. The van der Waals surface area contributed by atoms with Gasteiger partial charge in [-0.2, -0.15) is 9.78 Å². The molecule has 0 saturated carbocycles. The Hall–Kier alpha value is -2.67. The van der Waals surface area contributed by atoms with Crippen molar-refractivity contribution in [2.45, 2.75) is 26.7 Å². The molecule has 2 aromatic carbocycles. The van der Waals surface area contributed by atoms with E-state index in [9.17, 15) is 4.79 Å². The Morgan fingerprint density at radius 3 is 2.71 bits per heavy atom. The fourth-order valence-corrected chi connectivity index (χ4v) is 3.23. The first kappa shape index (κ1) is 20.1. The molecule has 0 fully saturated rings. The van der Waals surface area contributed by atoms with E-state index in [-0.39, 0.29) is 5.56 Å². The van der Waals surface area contributed by atoms with Crippen molar-refractivity contribution in [3.8, 4) is 11.5 Å². The van der Waals surface area contributed by atoms with Crippen LogP contribution in [0.5, 0.6) is 11.5 Å². The number of hydrogen-bond acceptors (Lipinski definition) is 5. The zero-order valence-corrected chi connectivity index (χ0v) is 17.7. The first-order valence-corrected chi connectivity index (χ1v) is 9.93. The van der Waals surface area contributed by atoms with E-state index in [1.807, 2.05) is 44.2 Å². The lowest BCUT2D eigenvalue weighted by atomic mass is 10.2. The van der Waals surface area contributed by atoms with Crippen LogP contribution in [0.15, 0.2) is 50.8 Å². The van der Waals surface area contributed by atoms with Crippen LogP contribution < -0.4 is 15.0 Å². The van der Waals surface area contributed by atoms with E-state index in [1.54, 1.807) is 19.4 Å². The van der Waals surface area contributed by atoms with Crippen LogP contribution in [0, 0.1) is 0 Å². The van der Waals surface area contributed by atoms with E-state index in [1.165, 1.54) is 4.68 Å². The quantitative estimate of drug-likeness (QED) is 0.507. The summed E-state index contributed by atoms with van der Waals surface area (Å²) in [6, 6.07) is 11.0. The average molecular weight is 444 g/mol. The number of nitrogens with zero attached hydrogens (tertiary/aromatic N) is 3. The highest BCUT2D eigenvalue weighted by Gasteiger charge is 2.11. The van der Waals surface area contributed by atoms with Gasteiger partial charge >= 0.3 is 0 Å². The van der Waals surface area contributed by atoms with Gasteiger partial charge in [0.15, 0.2) is 11.5 Å². The summed E-state index contributed by atoms with van der Waals surface area (Å²) in [5.41, 5.74) is 1.28. The molecule has 1 aromatic heterocycles. The minimum absolute atomic E-state index is 0.190. The Labute approximate surface area is 171 Å². The Balaban J connectivity index is 2.08. The average Bonchev–Trinajstić information content (AvgIpc) is 2.69. The van der Waals surface area contributed by atoms with Crippen molar-refractivity contribution in [1.82, 2.24) is 9.66 Å². The second-order valence-corrected chi connectivity index (χ2v) is 7.06. The van der Waals surface area contributed by atoms with Crippen molar-refractivity contribution < 1.29 is 9.47 Å². The normalized spacial score (nSPS) is 11.3. The van der Waals surface area contributed by atoms with E-state index in [4.69, 9.17) is 9.47 Å². The largest absolute Gasteiger partial charge is 0.493 e. The standard InChI is InChI=1S/C21H22BrN3O3/c1-4-6-20-24-17-9-8-15(22)12-16(17)21(26)25(20)23-13-14-7-10-18(27-3)19(11-14)28-5-2/h7-13H,4-6H2,1-3H3. The number of fused-ring (bicyclic) bond motifs is 1. The van der Waals surface area contributed by atoms with E-state index >= 15 is 0 Å². The number of aromatic nitrogens is 2. The highest BCUT2D eigenvalue weighted by molar-refractivity contribution is 9.10. The molecule has 0 unspecified atom stereocenters. The number of benzene rings is 2. The van der Waals surface area contributed by atoms with Gasteiger partial charge < -0.3 is 9.47 Å². The smallest absolute Gasteiger partial charge is 0.282 e. The Bertz CT molecular complexity index is 1080. The lowest BCUT2D eigenvalue weighted by Crippen LogP contribution is -2.22. The van der Waals surface area contributed by atoms with E-state index in [0.29, 0.717) is 41.3 Å². The first-order chi connectivity index (χ1) is 13.6. The maximum atomic E-state index is 13.0. The Kier molecular flexibility index (Phi) is 6.46. The predicted octanol–water partition coefficient (Wildman–Crippen LogP) is 4.40. The molecule has 0 amide bonds. The van der Waals surface area contributed by atoms with Gasteiger partial charge in [0.2, 0.25) is 0 Å². The van der Waals surface area contributed by atoms with Gasteiger partial charge in [-0.15, -0.1) is 0 Å². The second kappa shape index (κ2) is 9.01. The summed E-state index contributed by atoms with van der Waals surface area (Å²) < 4.78 is 13.1. The summed E-state index contributed by atoms with van der Waals surface area (Å²) in [7, 11) is 1.60. The third kappa shape index (κ3) is 4.25. The Morgan fingerprint density at radius 1 is 1.18 bits per heavy atom. The maximum Gasteiger partial charge on any atom is 0.282 e. The van der Waals surface area contributed by atoms with Crippen LogP contribution in [0.4, 0.5) is 0 Å². The molecule has 0 aliphatic heterocycles. The first-order valence-electron chi connectivity index (χ1n) is 9.13. The van der Waals surface area contributed by atoms with Crippen LogP contribution in [-0.2, 0) is 6.42 Å². The summed E-state index contributed by atoms with van der Waals surface area (Å²) in [5.74, 6) is 1.92. The SMILES string of the molecule is CCCc1nc2ccc(Br)cc2c(=O)n1N=Cc1ccc(OC)c(OCC)c1. The number of ether oxygens (including phenoxy) is 2. The van der Waals surface area contributed by atoms with E-state index < -0.39 is 0 Å². The fourth-order valence-electron chi connectivity index (χ4n) is 2.87. The predicted molar refractivity (Wildman–Crippen MR) is 115 cm³/mol. The molecule has 0 atom stereocenters. The second-order valence-electron chi connectivity index (χ2n) is 6.14. The van der Waals surface area contributed by atoms with Crippen LogP contribution >= 0.6 is 15.9 Å². The molecular weight excluding hydrogens is 422 g/mol. The number of hydrogen-bond donors (Lipinski definition) is 0. The van der Waals surface area contributed by atoms with Gasteiger partial charge in [-0.05, 0) is 55.3 Å². The van der Waals surface area contributed by atoms with Gasteiger partial charge in [0.05, 0.1) is 30.8 Å². The minimum atomic E-state index is -0.190. The summed E-state index contributed by atoms with van der Waals surface area (Å²) in [5, 5.41) is 4.96. The molecule has 0 aliphatic rings. The third-order valence-electron chi connectivity index (χ3n) is 4.16. The van der Waals surface area contributed by atoms with Crippen molar-refractivity contribution in [3.05, 3.63) is 62.6 Å². The van der Waals surface area contributed by atoms with Crippen molar-refractivity contribution in [3.63, 3.8) is 0 Å². The van der Waals surface area contributed by atoms with Crippen molar-refractivity contribution >= 4 is 33.0 Å². The highest BCUT2D eigenvalue weighted by atomic mass is 79.9. The summed E-state index contributed by atoms with van der Waals surface area (Å²) >= 11 is 3.41. The lowest BCUT2D eigenvalue weighted by molar-refractivity contribution is 0.311. The highest BCUT2D eigenvalue weighted by Crippen LogP contribution is 2.27. The van der Waals surface area contributed by atoms with Gasteiger partial charge in [0.25, 0.3) is 5.56 Å². The fraction of sp³-hybridized carbons (Fsp3) is 0.286. The topological polar surface area (TPSA) is 65.7 Å². The van der Waals surface area contributed by atoms with Crippen LogP contribution in [0.2, 0.25) is 0 Å². The van der Waals surface area contributed by atoms with Crippen molar-refractivity contribution in [2.24, 2.45) is 5.10 Å². The molecule has 0 N–H and O–H groups in total. The van der Waals surface area contributed by atoms with E-state index in [2.05, 4.69) is 26.0 Å². The van der Waals surface area contributed by atoms with Crippen molar-refractivity contribution in [2.75, 3.05) is 13.7 Å². The molecule has 0 radical (unpaired) electrons. The molecule has 7 heteroatoms. The molecule has 28 heavy (non-hydrogen) atoms. The number of methoxy groups -OCH3 is 1. The lowest BCUT2D eigenvalue weighted by Gasteiger charge is -2.10. The van der Waals surface area contributed by atoms with Crippen LogP contribution in [-0.4, -0.2) is 29.6 Å². The molecule has 3 aromatic rings. The van der Waals surface area contributed by atoms with Crippen LogP contribution in [0.3, 0.4) is 0 Å². The van der Waals surface area contributed by atoms with Crippen LogP contribution in [0.1, 0.15) is 31.7 Å². The Morgan fingerprint density at radius 2 is 2.00 bits per heavy atom. The third-order valence-corrected chi connectivity index (χ3v) is 4.65. The number of aryl methyl sites for hydroxylation is 1. The minimum Gasteiger partial charge on any atom is -0.493 e. The number of rotatable bonds is 7. The molecule has 1 heterocycles. The summed E-state index contributed by atoms with van der Waals surface area (Å²) in [4.78, 5) is 17.6. The molecule has 3 rings (SSSR count). The van der Waals surface area contributed by atoms with Crippen LogP contribution in [0.25, 0.3) is 10.9 Å². The zero-order valence-electron chi connectivity index (χ0n) is 16.1. The van der Waals surface area contributed by atoms with Gasteiger partial charge in [-0.3, -0.25) is 4.79 Å². The van der Waals surface area contributed by atoms with E-state index in [0.717, 1.165) is 16.5 Å². The molecule has 146 valence electrons. The van der Waals surface area contributed by atoms with Gasteiger partial charge in [-0.1, -0.05) is 22.9 Å². The summed E-state index contributed by atoms with van der Waals surface area (Å²) in [6.07, 6.45) is 3.15.